The molecule has 0 spiro atoms. The molecule has 9 heteroatoms. The molecule has 8 nitrogen and oxygen atoms in total. The molecule has 0 bridgehead atoms. The standard InChI is InChI=1S/C21H20ClN7O/c22-20-16-11-24-10-15(19(16)27-28-20)12-29-6-3-13(4-7-29)17-8-18(30)26-21(25-17)14-2-1-5-23-9-14/h1-2,5,8-11,13H,3-4,6-7,12H2,(H,27,28)(H,25,26,30). The topological polar surface area (TPSA) is 103 Å². The normalized spacial score (nSPS) is 15.6. The molecule has 0 aliphatic carbocycles. The minimum Gasteiger partial charge on any atom is -0.306 e. The predicted octanol–water partition coefficient (Wildman–Crippen LogP) is 3.14. The second-order valence-corrected chi connectivity index (χ2v) is 7.92. The Morgan fingerprint density at radius 1 is 1.17 bits per heavy atom. The highest BCUT2D eigenvalue weighted by Crippen LogP contribution is 2.29. The van der Waals surface area contributed by atoms with Gasteiger partial charge in [0, 0.05) is 54.4 Å². The van der Waals surface area contributed by atoms with Crippen LogP contribution in [0.5, 0.6) is 0 Å². The average molecular weight is 422 g/mol. The fourth-order valence-corrected chi connectivity index (χ4v) is 4.20. The SMILES string of the molecule is O=c1cc(C2CCN(Cc3cncc4c(Cl)[nH]nc34)CC2)nc(-c2cccnc2)[nH]1. The summed E-state index contributed by atoms with van der Waals surface area (Å²) in [5.41, 5.74) is 3.46. The van der Waals surface area contributed by atoms with Crippen LogP contribution in [0.4, 0.5) is 0 Å². The lowest BCUT2D eigenvalue weighted by Gasteiger charge is -2.31. The zero-order chi connectivity index (χ0) is 20.5. The van der Waals surface area contributed by atoms with E-state index in [-0.39, 0.29) is 11.5 Å². The van der Waals surface area contributed by atoms with Gasteiger partial charge in [0.15, 0.2) is 0 Å². The van der Waals surface area contributed by atoms with E-state index in [0.29, 0.717) is 11.0 Å². The van der Waals surface area contributed by atoms with Crippen LogP contribution in [0, 0.1) is 0 Å². The third kappa shape index (κ3) is 3.71. The van der Waals surface area contributed by atoms with Gasteiger partial charge in [0.2, 0.25) is 0 Å². The number of piperidine rings is 1. The summed E-state index contributed by atoms with van der Waals surface area (Å²) in [5.74, 6) is 0.828. The van der Waals surface area contributed by atoms with Crippen LogP contribution in [0.15, 0.2) is 47.8 Å². The third-order valence-corrected chi connectivity index (χ3v) is 5.88. The molecule has 5 rings (SSSR count). The van der Waals surface area contributed by atoms with Crippen molar-refractivity contribution in [3.63, 3.8) is 0 Å². The number of halogens is 1. The van der Waals surface area contributed by atoms with Crippen LogP contribution < -0.4 is 5.56 Å². The van der Waals surface area contributed by atoms with Crippen LogP contribution in [0.1, 0.15) is 30.0 Å². The van der Waals surface area contributed by atoms with Crippen LogP contribution in [-0.2, 0) is 6.54 Å². The van der Waals surface area contributed by atoms with Crippen LogP contribution >= 0.6 is 11.6 Å². The largest absolute Gasteiger partial charge is 0.306 e. The first kappa shape index (κ1) is 18.9. The number of nitrogens with one attached hydrogen (secondary N) is 2. The van der Waals surface area contributed by atoms with Crippen LogP contribution in [0.25, 0.3) is 22.3 Å². The monoisotopic (exact) mass is 421 g/mol. The second kappa shape index (κ2) is 7.97. The summed E-state index contributed by atoms with van der Waals surface area (Å²) in [5, 5.41) is 8.50. The summed E-state index contributed by atoms with van der Waals surface area (Å²) >= 11 is 6.13. The van der Waals surface area contributed by atoms with E-state index in [1.807, 2.05) is 18.3 Å². The maximum absolute atomic E-state index is 12.2. The minimum absolute atomic E-state index is 0.130. The van der Waals surface area contributed by atoms with E-state index in [9.17, 15) is 4.79 Å². The fraction of sp³-hybridized carbons (Fsp3) is 0.286. The number of aromatic amines is 2. The number of likely N-dealkylation sites (tertiary alicyclic amines) is 1. The zero-order valence-corrected chi connectivity index (χ0v) is 16.9. The molecule has 0 atom stereocenters. The molecule has 0 radical (unpaired) electrons. The molecule has 1 aliphatic rings. The Morgan fingerprint density at radius 2 is 2.03 bits per heavy atom. The van der Waals surface area contributed by atoms with E-state index in [0.717, 1.165) is 60.2 Å². The van der Waals surface area contributed by atoms with Crippen molar-refractivity contribution in [2.75, 3.05) is 13.1 Å². The number of aromatic nitrogens is 6. The Hall–Kier alpha value is -3.10. The lowest BCUT2D eigenvalue weighted by atomic mass is 9.93. The van der Waals surface area contributed by atoms with E-state index >= 15 is 0 Å². The first-order valence-electron chi connectivity index (χ1n) is 9.88. The zero-order valence-electron chi connectivity index (χ0n) is 16.2. The average Bonchev–Trinajstić information content (AvgIpc) is 3.16. The molecule has 0 unspecified atom stereocenters. The van der Waals surface area contributed by atoms with Gasteiger partial charge < -0.3 is 4.98 Å². The first-order chi connectivity index (χ1) is 14.7. The number of hydrogen-bond donors (Lipinski definition) is 2. The van der Waals surface area contributed by atoms with Crippen molar-refractivity contribution in [3.05, 3.63) is 69.8 Å². The van der Waals surface area contributed by atoms with E-state index in [1.165, 1.54) is 0 Å². The Balaban J connectivity index is 1.30. The smallest absolute Gasteiger partial charge is 0.251 e. The summed E-state index contributed by atoms with van der Waals surface area (Å²) in [6, 6.07) is 5.35. The quantitative estimate of drug-likeness (QED) is 0.524. The van der Waals surface area contributed by atoms with Crippen LogP contribution in [0.3, 0.4) is 0 Å². The highest BCUT2D eigenvalue weighted by atomic mass is 35.5. The van der Waals surface area contributed by atoms with Crippen molar-refractivity contribution in [3.8, 4) is 11.4 Å². The van der Waals surface area contributed by atoms with E-state index < -0.39 is 0 Å². The molecule has 2 N–H and O–H groups in total. The molecule has 4 aromatic rings. The van der Waals surface area contributed by atoms with Gasteiger partial charge in [-0.2, -0.15) is 5.10 Å². The molecule has 30 heavy (non-hydrogen) atoms. The summed E-state index contributed by atoms with van der Waals surface area (Å²) in [6.45, 7) is 2.59. The second-order valence-electron chi connectivity index (χ2n) is 7.54. The van der Waals surface area contributed by atoms with Crippen molar-refractivity contribution in [1.82, 2.24) is 35.0 Å². The van der Waals surface area contributed by atoms with Gasteiger partial charge in [-0.1, -0.05) is 11.6 Å². The van der Waals surface area contributed by atoms with Gasteiger partial charge in [-0.25, -0.2) is 4.98 Å². The van der Waals surface area contributed by atoms with Gasteiger partial charge in [-0.3, -0.25) is 24.8 Å². The molecule has 1 aliphatic heterocycles. The molecule has 1 saturated heterocycles. The lowest BCUT2D eigenvalue weighted by molar-refractivity contribution is 0.203. The summed E-state index contributed by atoms with van der Waals surface area (Å²) in [4.78, 5) is 30.5. The number of rotatable bonds is 4. The number of fused-ring (bicyclic) bond motifs is 1. The van der Waals surface area contributed by atoms with Crippen LogP contribution in [0.2, 0.25) is 5.15 Å². The third-order valence-electron chi connectivity index (χ3n) is 5.59. The number of nitrogens with zero attached hydrogens (tertiary/aromatic N) is 5. The first-order valence-corrected chi connectivity index (χ1v) is 10.3. The van der Waals surface area contributed by atoms with Gasteiger partial charge in [-0.05, 0) is 38.1 Å². The molecular weight excluding hydrogens is 402 g/mol. The highest BCUT2D eigenvalue weighted by molar-refractivity contribution is 6.34. The number of H-pyrrole nitrogens is 2. The maximum atomic E-state index is 12.2. The Bertz CT molecular complexity index is 1230. The van der Waals surface area contributed by atoms with Gasteiger partial charge in [0.05, 0.1) is 11.1 Å². The van der Waals surface area contributed by atoms with E-state index in [4.69, 9.17) is 16.6 Å². The molecule has 5 heterocycles. The molecule has 1 fully saturated rings. The van der Waals surface area contributed by atoms with Crippen molar-refractivity contribution in [1.29, 1.82) is 0 Å². The number of hydrogen-bond acceptors (Lipinski definition) is 6. The van der Waals surface area contributed by atoms with Crippen molar-refractivity contribution < 1.29 is 0 Å². The van der Waals surface area contributed by atoms with Crippen molar-refractivity contribution in [2.24, 2.45) is 0 Å². The van der Waals surface area contributed by atoms with Crippen molar-refractivity contribution >= 4 is 22.5 Å². The Labute approximate surface area is 177 Å². The fourth-order valence-electron chi connectivity index (χ4n) is 4.02. The predicted molar refractivity (Wildman–Crippen MR) is 114 cm³/mol. The van der Waals surface area contributed by atoms with E-state index in [2.05, 4.69) is 30.0 Å². The van der Waals surface area contributed by atoms with Gasteiger partial charge >= 0.3 is 0 Å². The van der Waals surface area contributed by atoms with Gasteiger partial charge in [-0.15, -0.1) is 0 Å². The minimum atomic E-state index is -0.130. The summed E-state index contributed by atoms with van der Waals surface area (Å²) < 4.78 is 0. The lowest BCUT2D eigenvalue weighted by Crippen LogP contribution is -2.33. The Kier molecular flexibility index (Phi) is 5.02. The highest BCUT2D eigenvalue weighted by Gasteiger charge is 2.23. The molecule has 152 valence electrons. The maximum Gasteiger partial charge on any atom is 0.251 e. The molecule has 0 amide bonds. The summed E-state index contributed by atoms with van der Waals surface area (Å²) in [7, 11) is 0. The molecular formula is C21H20ClN7O. The van der Waals surface area contributed by atoms with Gasteiger partial charge in [0.1, 0.15) is 16.5 Å². The van der Waals surface area contributed by atoms with E-state index in [1.54, 1.807) is 24.7 Å². The molecule has 0 saturated carbocycles. The molecule has 0 aromatic carbocycles. The van der Waals surface area contributed by atoms with Crippen molar-refractivity contribution in [2.45, 2.75) is 25.3 Å². The summed E-state index contributed by atoms with van der Waals surface area (Å²) in [6.07, 6.45) is 8.87. The molecule has 4 aromatic heterocycles. The van der Waals surface area contributed by atoms with Crippen LogP contribution in [-0.4, -0.2) is 48.1 Å². The Morgan fingerprint density at radius 3 is 2.83 bits per heavy atom. The number of pyridine rings is 2. The van der Waals surface area contributed by atoms with Gasteiger partial charge in [0.25, 0.3) is 5.56 Å².